The van der Waals surface area contributed by atoms with Crippen molar-refractivity contribution in [3.05, 3.63) is 52.1 Å². The van der Waals surface area contributed by atoms with Gasteiger partial charge >= 0.3 is 0 Å². The lowest BCUT2D eigenvalue weighted by molar-refractivity contribution is 1.13. The molecule has 0 saturated heterocycles. The summed E-state index contributed by atoms with van der Waals surface area (Å²) in [5.74, 6) is 0. The number of hydrogen-bond donors (Lipinski definition) is 0. The summed E-state index contributed by atoms with van der Waals surface area (Å²) >= 11 is 1.35. The monoisotopic (exact) mass is 176 g/mol. The van der Waals surface area contributed by atoms with Crippen molar-refractivity contribution in [1.29, 1.82) is 0 Å². The number of rotatable bonds is 1. The van der Waals surface area contributed by atoms with E-state index in [1.165, 1.54) is 11.5 Å². The van der Waals surface area contributed by atoms with Crippen LogP contribution in [0.15, 0.2) is 40.5 Å². The lowest BCUT2D eigenvalue weighted by Gasteiger charge is -1.96. The molecule has 0 atom stereocenters. The van der Waals surface area contributed by atoms with Gasteiger partial charge in [-0.25, -0.2) is 3.96 Å². The van der Waals surface area contributed by atoms with Crippen molar-refractivity contribution in [2.45, 2.75) is 0 Å². The van der Waals surface area contributed by atoms with Gasteiger partial charge in [0.2, 0.25) is 0 Å². The van der Waals surface area contributed by atoms with Gasteiger partial charge < -0.3 is 0 Å². The summed E-state index contributed by atoms with van der Waals surface area (Å²) in [6.45, 7) is 0. The minimum atomic E-state index is -0.0915. The van der Waals surface area contributed by atoms with Crippen LogP contribution in [0.25, 0.3) is 5.69 Å². The Kier molecular flexibility index (Phi) is 1.80. The molecule has 0 bridgehead atoms. The highest BCUT2D eigenvalue weighted by Gasteiger charge is 1.97. The number of hydrogen-bond acceptors (Lipinski definition) is 2. The molecule has 2 rings (SSSR count). The molecule has 0 spiro atoms. The molecule has 0 unspecified atom stereocenters. The fourth-order valence-corrected chi connectivity index (χ4v) is 1.63. The zero-order chi connectivity index (χ0) is 8.39. The normalized spacial score (nSPS) is 10.0. The summed E-state index contributed by atoms with van der Waals surface area (Å²) in [6.07, 6.45) is 0. The second-order valence-electron chi connectivity index (χ2n) is 2.30. The number of nitrogens with zero attached hydrogens (tertiary/aromatic N) is 1. The Hall–Kier alpha value is -1.35. The van der Waals surface area contributed by atoms with E-state index in [-0.39, 0.29) is 5.56 Å². The van der Waals surface area contributed by atoms with Crippen LogP contribution in [0.2, 0.25) is 0 Å². The first kappa shape index (κ1) is 7.31. The minimum absolute atomic E-state index is 0.0915. The molecule has 3 heteroatoms. The van der Waals surface area contributed by atoms with E-state index in [1.54, 1.807) is 9.34 Å². The first-order valence-corrected chi connectivity index (χ1v) is 4.36. The van der Waals surface area contributed by atoms with Crippen LogP contribution in [0, 0.1) is 6.07 Å². The Bertz CT molecular complexity index is 415. The molecule has 0 N–H and O–H groups in total. The van der Waals surface area contributed by atoms with Crippen molar-refractivity contribution in [1.82, 2.24) is 3.96 Å². The zero-order valence-electron chi connectivity index (χ0n) is 6.23. The largest absolute Gasteiger partial charge is 0.273 e. The Morgan fingerprint density at radius 3 is 2.58 bits per heavy atom. The fraction of sp³-hybridized carbons (Fsp3) is 0. The van der Waals surface area contributed by atoms with E-state index in [9.17, 15) is 4.79 Å². The maximum Gasteiger partial charge on any atom is 0.273 e. The predicted octanol–water partition coefficient (Wildman–Crippen LogP) is 1.70. The third kappa shape index (κ3) is 1.19. The van der Waals surface area contributed by atoms with Gasteiger partial charge in [0, 0.05) is 5.38 Å². The van der Waals surface area contributed by atoms with Gasteiger partial charge in [-0.05, 0) is 12.1 Å². The summed E-state index contributed by atoms with van der Waals surface area (Å²) in [5.41, 5.74) is 0.806. The molecule has 1 radical (unpaired) electrons. The van der Waals surface area contributed by atoms with Gasteiger partial charge in [-0.15, -0.1) is 0 Å². The molecule has 59 valence electrons. The Morgan fingerprint density at radius 1 is 1.25 bits per heavy atom. The van der Waals surface area contributed by atoms with Crippen molar-refractivity contribution in [3.63, 3.8) is 0 Å². The van der Waals surface area contributed by atoms with Crippen LogP contribution < -0.4 is 5.56 Å². The second kappa shape index (κ2) is 2.95. The number of benzene rings is 1. The van der Waals surface area contributed by atoms with E-state index >= 15 is 0 Å². The summed E-state index contributed by atoms with van der Waals surface area (Å²) in [7, 11) is 0. The molecule has 1 aromatic heterocycles. The molecule has 2 nitrogen and oxygen atoms in total. The van der Waals surface area contributed by atoms with Crippen molar-refractivity contribution in [2.24, 2.45) is 0 Å². The van der Waals surface area contributed by atoms with Crippen LogP contribution in [0.1, 0.15) is 0 Å². The van der Waals surface area contributed by atoms with E-state index in [4.69, 9.17) is 0 Å². The maximum atomic E-state index is 11.1. The average Bonchev–Trinajstić information content (AvgIpc) is 2.53. The molecular weight excluding hydrogens is 170 g/mol. The van der Waals surface area contributed by atoms with Crippen LogP contribution >= 0.6 is 11.5 Å². The molecular formula is C9H6NOS. The lowest BCUT2D eigenvalue weighted by Crippen LogP contribution is -2.09. The predicted molar refractivity (Wildman–Crippen MR) is 48.8 cm³/mol. The van der Waals surface area contributed by atoms with E-state index in [1.807, 2.05) is 30.3 Å². The molecule has 1 heterocycles. The smallest absolute Gasteiger partial charge is 0.267 e. The van der Waals surface area contributed by atoms with Crippen LogP contribution in [0.3, 0.4) is 0 Å². The first-order valence-electron chi connectivity index (χ1n) is 3.52. The Balaban J connectivity index is 2.59. The van der Waals surface area contributed by atoms with Gasteiger partial charge in [0.25, 0.3) is 5.56 Å². The van der Waals surface area contributed by atoms with Gasteiger partial charge in [-0.2, -0.15) is 0 Å². The molecule has 12 heavy (non-hydrogen) atoms. The molecule has 0 saturated carbocycles. The minimum Gasteiger partial charge on any atom is -0.267 e. The maximum absolute atomic E-state index is 11.1. The van der Waals surface area contributed by atoms with Crippen molar-refractivity contribution >= 4 is 11.5 Å². The van der Waals surface area contributed by atoms with Gasteiger partial charge in [-0.1, -0.05) is 29.7 Å². The molecule has 1 aromatic carbocycles. The van der Waals surface area contributed by atoms with Crippen molar-refractivity contribution in [3.8, 4) is 5.69 Å². The topological polar surface area (TPSA) is 22.0 Å². The van der Waals surface area contributed by atoms with Gasteiger partial charge in [-0.3, -0.25) is 4.79 Å². The molecule has 0 fully saturated rings. The number of aromatic nitrogens is 1. The number of para-hydroxylation sites is 1. The van der Waals surface area contributed by atoms with Crippen molar-refractivity contribution < 1.29 is 0 Å². The van der Waals surface area contributed by atoms with E-state index in [2.05, 4.69) is 6.07 Å². The zero-order valence-corrected chi connectivity index (χ0v) is 7.04. The highest BCUT2D eigenvalue weighted by molar-refractivity contribution is 7.04. The SMILES string of the molecule is O=c1[c]csn1-c1ccccc1. The van der Waals surface area contributed by atoms with E-state index < -0.39 is 0 Å². The molecule has 0 amide bonds. The van der Waals surface area contributed by atoms with Gasteiger partial charge in [0.15, 0.2) is 0 Å². The third-order valence-corrected chi connectivity index (χ3v) is 2.33. The Morgan fingerprint density at radius 2 is 2.00 bits per heavy atom. The first-order chi connectivity index (χ1) is 5.88. The molecule has 2 aromatic rings. The van der Waals surface area contributed by atoms with Gasteiger partial charge in [0.1, 0.15) is 0 Å². The fourth-order valence-electron chi connectivity index (χ4n) is 0.977. The average molecular weight is 176 g/mol. The van der Waals surface area contributed by atoms with Crippen LogP contribution in [0.5, 0.6) is 0 Å². The summed E-state index contributed by atoms with van der Waals surface area (Å²) < 4.78 is 1.60. The van der Waals surface area contributed by atoms with E-state index in [0.29, 0.717) is 0 Å². The summed E-state index contributed by atoms with van der Waals surface area (Å²) in [6, 6.07) is 12.1. The Labute approximate surface area is 73.9 Å². The molecule has 0 aliphatic rings. The van der Waals surface area contributed by atoms with Crippen LogP contribution in [-0.4, -0.2) is 3.96 Å². The van der Waals surface area contributed by atoms with Crippen LogP contribution in [-0.2, 0) is 0 Å². The summed E-state index contributed by atoms with van der Waals surface area (Å²) in [5, 5.41) is 1.66. The highest BCUT2D eigenvalue weighted by atomic mass is 32.1. The van der Waals surface area contributed by atoms with E-state index in [0.717, 1.165) is 5.69 Å². The highest BCUT2D eigenvalue weighted by Crippen LogP contribution is 2.06. The lowest BCUT2D eigenvalue weighted by atomic mass is 10.3. The standard InChI is InChI=1S/C9H6NOS/c11-9-6-7-12-10(9)8-4-2-1-3-5-8/h1-5,7H. The van der Waals surface area contributed by atoms with Crippen LogP contribution in [0.4, 0.5) is 0 Å². The van der Waals surface area contributed by atoms with Gasteiger partial charge in [0.05, 0.1) is 11.8 Å². The quantitative estimate of drug-likeness (QED) is 0.648. The molecule has 0 aliphatic heterocycles. The summed E-state index contributed by atoms with van der Waals surface area (Å²) in [4.78, 5) is 11.1. The second-order valence-corrected chi connectivity index (χ2v) is 3.11. The third-order valence-electron chi connectivity index (χ3n) is 1.52. The molecule has 0 aliphatic carbocycles. The van der Waals surface area contributed by atoms with Crippen molar-refractivity contribution in [2.75, 3.05) is 0 Å².